The molecule has 0 aliphatic rings. The van der Waals surface area contributed by atoms with Crippen molar-refractivity contribution in [3.63, 3.8) is 0 Å². The number of rotatable bonds is 8. The SMILES string of the molecule is C=CCOCC(C)OOCC=C. The molecule has 0 amide bonds. The number of hydrogen-bond donors (Lipinski definition) is 0. The normalized spacial score (nSPS) is 12.4. The quantitative estimate of drug-likeness (QED) is 0.241. The molecule has 0 rings (SSSR count). The Labute approximate surface area is 73.5 Å². The summed E-state index contributed by atoms with van der Waals surface area (Å²) < 4.78 is 5.13. The molecule has 0 aromatic heterocycles. The van der Waals surface area contributed by atoms with E-state index in [2.05, 4.69) is 13.2 Å². The molecular formula is C9H16O3. The van der Waals surface area contributed by atoms with Crippen LogP contribution in [0.4, 0.5) is 0 Å². The highest BCUT2D eigenvalue weighted by Crippen LogP contribution is 1.93. The molecule has 1 atom stereocenters. The van der Waals surface area contributed by atoms with Crippen LogP contribution in [-0.4, -0.2) is 25.9 Å². The van der Waals surface area contributed by atoms with Crippen LogP contribution in [0.3, 0.4) is 0 Å². The van der Waals surface area contributed by atoms with Crippen LogP contribution in [0, 0.1) is 0 Å². The van der Waals surface area contributed by atoms with Gasteiger partial charge in [0.15, 0.2) is 0 Å². The first-order valence-electron chi connectivity index (χ1n) is 3.89. The van der Waals surface area contributed by atoms with Gasteiger partial charge in [-0.1, -0.05) is 12.2 Å². The van der Waals surface area contributed by atoms with Gasteiger partial charge in [0.05, 0.1) is 13.2 Å². The van der Waals surface area contributed by atoms with Gasteiger partial charge in [-0.25, -0.2) is 9.78 Å². The minimum Gasteiger partial charge on any atom is -0.375 e. The fourth-order valence-electron chi connectivity index (χ4n) is 0.549. The predicted molar refractivity (Wildman–Crippen MR) is 47.7 cm³/mol. The number of hydrogen-bond acceptors (Lipinski definition) is 3. The fraction of sp³-hybridized carbons (Fsp3) is 0.556. The smallest absolute Gasteiger partial charge is 0.113 e. The maximum Gasteiger partial charge on any atom is 0.113 e. The third-order valence-corrected chi connectivity index (χ3v) is 1.01. The van der Waals surface area contributed by atoms with E-state index in [1.165, 1.54) is 0 Å². The molecule has 0 heterocycles. The Hall–Kier alpha value is -0.640. The fourth-order valence-corrected chi connectivity index (χ4v) is 0.549. The van der Waals surface area contributed by atoms with E-state index in [4.69, 9.17) is 14.5 Å². The zero-order chi connectivity index (χ0) is 9.23. The third-order valence-electron chi connectivity index (χ3n) is 1.01. The van der Waals surface area contributed by atoms with Crippen LogP contribution < -0.4 is 0 Å². The summed E-state index contributed by atoms with van der Waals surface area (Å²) in [6.45, 7) is 10.3. The lowest BCUT2D eigenvalue weighted by atomic mass is 10.4. The highest BCUT2D eigenvalue weighted by Gasteiger charge is 2.01. The summed E-state index contributed by atoms with van der Waals surface area (Å²) in [4.78, 5) is 9.65. The standard InChI is InChI=1S/C9H16O3/c1-4-6-10-8-9(3)12-11-7-5-2/h4-5,9H,1-2,6-8H2,3H3. The summed E-state index contributed by atoms with van der Waals surface area (Å²) in [5, 5.41) is 0. The molecule has 0 spiro atoms. The molecule has 3 heteroatoms. The minimum atomic E-state index is -0.0649. The van der Waals surface area contributed by atoms with Gasteiger partial charge < -0.3 is 4.74 Å². The summed E-state index contributed by atoms with van der Waals surface area (Å²) in [6, 6.07) is 0. The van der Waals surface area contributed by atoms with Crippen molar-refractivity contribution in [1.82, 2.24) is 0 Å². The van der Waals surface area contributed by atoms with Gasteiger partial charge in [-0.2, -0.15) is 0 Å². The summed E-state index contributed by atoms with van der Waals surface area (Å²) >= 11 is 0. The average molecular weight is 172 g/mol. The maximum absolute atomic E-state index is 5.13. The van der Waals surface area contributed by atoms with Crippen molar-refractivity contribution in [2.75, 3.05) is 19.8 Å². The molecule has 0 aliphatic carbocycles. The van der Waals surface area contributed by atoms with Gasteiger partial charge >= 0.3 is 0 Å². The van der Waals surface area contributed by atoms with Crippen LogP contribution in [0.5, 0.6) is 0 Å². The Morgan fingerprint density at radius 1 is 1.25 bits per heavy atom. The van der Waals surface area contributed by atoms with E-state index < -0.39 is 0 Å². The molecule has 0 saturated carbocycles. The highest BCUT2D eigenvalue weighted by molar-refractivity contribution is 4.64. The van der Waals surface area contributed by atoms with Gasteiger partial charge in [0.1, 0.15) is 12.7 Å². The molecule has 12 heavy (non-hydrogen) atoms. The molecule has 0 radical (unpaired) electrons. The first kappa shape index (κ1) is 11.4. The molecule has 0 bridgehead atoms. The Balaban J connectivity index is 3.14. The van der Waals surface area contributed by atoms with E-state index in [0.29, 0.717) is 19.8 Å². The van der Waals surface area contributed by atoms with Crippen molar-refractivity contribution in [3.05, 3.63) is 25.3 Å². The van der Waals surface area contributed by atoms with Gasteiger partial charge in [-0.15, -0.1) is 13.2 Å². The van der Waals surface area contributed by atoms with Crippen molar-refractivity contribution in [2.45, 2.75) is 13.0 Å². The second-order valence-corrected chi connectivity index (χ2v) is 2.31. The van der Waals surface area contributed by atoms with E-state index >= 15 is 0 Å². The van der Waals surface area contributed by atoms with Gasteiger partial charge in [0.2, 0.25) is 0 Å². The lowest BCUT2D eigenvalue weighted by molar-refractivity contribution is -0.319. The van der Waals surface area contributed by atoms with Crippen molar-refractivity contribution in [3.8, 4) is 0 Å². The van der Waals surface area contributed by atoms with Crippen LogP contribution in [0.2, 0.25) is 0 Å². The lowest BCUT2D eigenvalue weighted by Gasteiger charge is -2.10. The van der Waals surface area contributed by atoms with Gasteiger partial charge in [-0.05, 0) is 6.92 Å². The van der Waals surface area contributed by atoms with Gasteiger partial charge in [-0.3, -0.25) is 0 Å². The maximum atomic E-state index is 5.13. The molecule has 0 aliphatic heterocycles. The first-order chi connectivity index (χ1) is 5.81. The summed E-state index contributed by atoms with van der Waals surface area (Å²) in [7, 11) is 0. The van der Waals surface area contributed by atoms with Crippen LogP contribution in [0.15, 0.2) is 25.3 Å². The predicted octanol–water partition coefficient (Wildman–Crippen LogP) is 1.71. The molecular weight excluding hydrogens is 156 g/mol. The second kappa shape index (κ2) is 8.46. The van der Waals surface area contributed by atoms with Gasteiger partial charge in [0, 0.05) is 0 Å². The highest BCUT2D eigenvalue weighted by atomic mass is 17.2. The van der Waals surface area contributed by atoms with Crippen LogP contribution in [-0.2, 0) is 14.5 Å². The largest absolute Gasteiger partial charge is 0.375 e. The van der Waals surface area contributed by atoms with Crippen molar-refractivity contribution < 1.29 is 14.5 Å². The Morgan fingerprint density at radius 2 is 1.92 bits per heavy atom. The van der Waals surface area contributed by atoms with E-state index in [1.807, 2.05) is 6.92 Å². The molecule has 0 aromatic carbocycles. The van der Waals surface area contributed by atoms with Crippen LogP contribution in [0.1, 0.15) is 6.92 Å². The van der Waals surface area contributed by atoms with E-state index in [0.717, 1.165) is 0 Å². The molecule has 0 fully saturated rings. The van der Waals surface area contributed by atoms with Crippen molar-refractivity contribution in [2.24, 2.45) is 0 Å². The Kier molecular flexibility index (Phi) is 8.01. The summed E-state index contributed by atoms with van der Waals surface area (Å²) in [5.74, 6) is 0. The summed E-state index contributed by atoms with van der Waals surface area (Å²) in [5.41, 5.74) is 0. The molecule has 70 valence electrons. The third kappa shape index (κ3) is 7.47. The zero-order valence-corrected chi connectivity index (χ0v) is 7.49. The average Bonchev–Trinajstić information content (AvgIpc) is 2.06. The first-order valence-corrected chi connectivity index (χ1v) is 3.89. The van der Waals surface area contributed by atoms with Gasteiger partial charge in [0.25, 0.3) is 0 Å². The summed E-state index contributed by atoms with van der Waals surface area (Å²) in [6.07, 6.45) is 3.25. The van der Waals surface area contributed by atoms with Crippen molar-refractivity contribution >= 4 is 0 Å². The monoisotopic (exact) mass is 172 g/mol. The molecule has 0 saturated heterocycles. The minimum absolute atomic E-state index is 0.0649. The lowest BCUT2D eigenvalue weighted by Crippen LogP contribution is -2.16. The van der Waals surface area contributed by atoms with Crippen molar-refractivity contribution in [1.29, 1.82) is 0 Å². The molecule has 1 unspecified atom stereocenters. The topological polar surface area (TPSA) is 27.7 Å². The van der Waals surface area contributed by atoms with E-state index in [9.17, 15) is 0 Å². The van der Waals surface area contributed by atoms with E-state index in [1.54, 1.807) is 12.2 Å². The van der Waals surface area contributed by atoms with Crippen LogP contribution in [0.25, 0.3) is 0 Å². The molecule has 0 aromatic rings. The van der Waals surface area contributed by atoms with Crippen LogP contribution >= 0.6 is 0 Å². The second-order valence-electron chi connectivity index (χ2n) is 2.31. The number of ether oxygens (including phenoxy) is 1. The van der Waals surface area contributed by atoms with E-state index in [-0.39, 0.29) is 6.10 Å². The Bertz CT molecular complexity index is 109. The zero-order valence-electron chi connectivity index (χ0n) is 7.49. The molecule has 3 nitrogen and oxygen atoms in total. The molecule has 0 N–H and O–H groups in total. The Morgan fingerprint density at radius 3 is 2.50 bits per heavy atom.